The van der Waals surface area contributed by atoms with E-state index in [4.69, 9.17) is 9.40 Å². The van der Waals surface area contributed by atoms with Gasteiger partial charge < -0.3 is 9.32 Å². The molecule has 0 aliphatic heterocycles. The van der Waals surface area contributed by atoms with Crippen LogP contribution >= 0.6 is 0 Å². The van der Waals surface area contributed by atoms with Crippen molar-refractivity contribution in [3.63, 3.8) is 0 Å². The van der Waals surface area contributed by atoms with Gasteiger partial charge in [0.25, 0.3) is 0 Å². The molecule has 0 saturated carbocycles. The lowest BCUT2D eigenvalue weighted by atomic mass is 9.82. The van der Waals surface area contributed by atoms with E-state index in [2.05, 4.69) is 184 Å². The van der Waals surface area contributed by atoms with Crippen LogP contribution in [0.1, 0.15) is 49.9 Å². The highest BCUT2D eigenvalue weighted by Gasteiger charge is 2.38. The highest BCUT2D eigenvalue weighted by atomic mass is 16.3. The average Bonchev–Trinajstić information content (AvgIpc) is 3.87. The minimum atomic E-state index is -0.135. The van der Waals surface area contributed by atoms with E-state index in [-0.39, 0.29) is 10.8 Å². The van der Waals surface area contributed by atoms with E-state index in [1.165, 1.54) is 66.1 Å². The van der Waals surface area contributed by atoms with Gasteiger partial charge in [0.15, 0.2) is 5.58 Å². The highest BCUT2D eigenvalue weighted by molar-refractivity contribution is 6.27. The van der Waals surface area contributed by atoms with E-state index >= 15 is 0 Å². The van der Waals surface area contributed by atoms with Crippen molar-refractivity contribution in [1.82, 2.24) is 4.98 Å². The van der Waals surface area contributed by atoms with Crippen LogP contribution in [0.3, 0.4) is 0 Å². The van der Waals surface area contributed by atoms with Crippen molar-refractivity contribution in [2.45, 2.75) is 38.5 Å². The van der Waals surface area contributed by atoms with Crippen LogP contribution < -0.4 is 4.90 Å². The van der Waals surface area contributed by atoms with Gasteiger partial charge in [0.1, 0.15) is 5.52 Å². The van der Waals surface area contributed by atoms with Crippen molar-refractivity contribution >= 4 is 60.5 Å². The molecule has 12 rings (SSSR count). The van der Waals surface area contributed by atoms with Crippen molar-refractivity contribution in [3.8, 4) is 33.7 Å². The Morgan fingerprint density at radius 2 is 1.00 bits per heavy atom. The second-order valence-electron chi connectivity index (χ2n) is 17.1. The van der Waals surface area contributed by atoms with Crippen LogP contribution in [0.5, 0.6) is 0 Å². The van der Waals surface area contributed by atoms with Crippen LogP contribution in [0.4, 0.5) is 17.1 Å². The zero-order valence-corrected chi connectivity index (χ0v) is 33.0. The fraction of sp³-hybridized carbons (Fsp3) is 0.109. The molecule has 0 unspecified atom stereocenters. The Morgan fingerprint density at radius 1 is 0.448 bits per heavy atom. The van der Waals surface area contributed by atoms with Crippen LogP contribution in [-0.4, -0.2) is 4.98 Å². The van der Waals surface area contributed by atoms with Gasteiger partial charge in [0, 0.05) is 43.9 Å². The quantitative estimate of drug-likeness (QED) is 0.168. The second kappa shape index (κ2) is 11.8. The monoisotopic (exact) mass is 744 g/mol. The number of benzene rings is 9. The first-order valence-corrected chi connectivity index (χ1v) is 20.3. The summed E-state index contributed by atoms with van der Waals surface area (Å²) >= 11 is 0. The molecule has 2 aliphatic rings. The van der Waals surface area contributed by atoms with Gasteiger partial charge in [-0.2, -0.15) is 0 Å². The van der Waals surface area contributed by atoms with E-state index < -0.39 is 0 Å². The molecule has 1 aromatic heterocycles. The summed E-state index contributed by atoms with van der Waals surface area (Å²) in [5.74, 6) is 0.635. The SMILES string of the molecule is CC1(C)c2ccccc2-c2ccc(N(c3ccc4c(c3)C(C)(C)c3ccccc3-4)c3cccc4c3ccc3ccc5ccc6nc(-c7ccccc7)oc6c5c34)cc21. The summed E-state index contributed by atoms with van der Waals surface area (Å²) in [5, 5.41) is 6.92. The van der Waals surface area contributed by atoms with E-state index in [0.717, 1.165) is 44.5 Å². The van der Waals surface area contributed by atoms with E-state index in [1.807, 2.05) is 18.2 Å². The molecule has 0 spiro atoms. The molecule has 10 aromatic rings. The largest absolute Gasteiger partial charge is 0.435 e. The second-order valence-corrected chi connectivity index (χ2v) is 17.1. The molecular weight excluding hydrogens is 705 g/mol. The van der Waals surface area contributed by atoms with Gasteiger partial charge in [-0.25, -0.2) is 4.98 Å². The Morgan fingerprint density at radius 3 is 1.66 bits per heavy atom. The van der Waals surface area contributed by atoms with Crippen molar-refractivity contribution in [3.05, 3.63) is 192 Å². The minimum Gasteiger partial charge on any atom is -0.435 e. The average molecular weight is 745 g/mol. The van der Waals surface area contributed by atoms with Crippen molar-refractivity contribution in [2.75, 3.05) is 4.90 Å². The summed E-state index contributed by atoms with van der Waals surface area (Å²) in [6.45, 7) is 9.46. The van der Waals surface area contributed by atoms with Gasteiger partial charge in [-0.05, 0) is 109 Å². The predicted molar refractivity (Wildman–Crippen MR) is 242 cm³/mol. The predicted octanol–water partition coefficient (Wildman–Crippen LogP) is 15.0. The maximum absolute atomic E-state index is 6.70. The molecular formula is C55H40N2O. The summed E-state index contributed by atoms with van der Waals surface area (Å²) in [5.41, 5.74) is 16.5. The van der Waals surface area contributed by atoms with Gasteiger partial charge in [0.05, 0.1) is 5.69 Å². The molecule has 0 fully saturated rings. The molecule has 3 heteroatoms. The molecule has 0 saturated heterocycles. The van der Waals surface area contributed by atoms with Crippen LogP contribution in [0.15, 0.2) is 174 Å². The highest BCUT2D eigenvalue weighted by Crippen LogP contribution is 2.54. The molecule has 0 bridgehead atoms. The maximum Gasteiger partial charge on any atom is 0.227 e. The van der Waals surface area contributed by atoms with Crippen molar-refractivity contribution in [1.29, 1.82) is 0 Å². The molecule has 58 heavy (non-hydrogen) atoms. The number of hydrogen-bond donors (Lipinski definition) is 0. The molecule has 276 valence electrons. The molecule has 3 nitrogen and oxygen atoms in total. The number of aromatic nitrogens is 1. The summed E-state index contributed by atoms with van der Waals surface area (Å²) < 4.78 is 6.70. The Bertz CT molecular complexity index is 3240. The lowest BCUT2D eigenvalue weighted by Crippen LogP contribution is -2.18. The first kappa shape index (κ1) is 33.2. The Labute approximate surface area is 337 Å². The number of rotatable bonds is 4. The molecule has 0 amide bonds. The summed E-state index contributed by atoms with van der Waals surface area (Å²) in [7, 11) is 0. The van der Waals surface area contributed by atoms with Gasteiger partial charge in [-0.15, -0.1) is 0 Å². The maximum atomic E-state index is 6.70. The van der Waals surface area contributed by atoms with Crippen LogP contribution in [0.2, 0.25) is 0 Å². The Balaban J connectivity index is 1.12. The molecule has 1 heterocycles. The fourth-order valence-electron chi connectivity index (χ4n) is 10.3. The zero-order valence-electron chi connectivity index (χ0n) is 33.0. The van der Waals surface area contributed by atoms with Gasteiger partial charge in [0.2, 0.25) is 5.89 Å². The number of nitrogens with zero attached hydrogens (tertiary/aromatic N) is 2. The minimum absolute atomic E-state index is 0.135. The topological polar surface area (TPSA) is 29.3 Å². The summed E-state index contributed by atoms with van der Waals surface area (Å²) in [6, 6.07) is 62.3. The summed E-state index contributed by atoms with van der Waals surface area (Å²) in [4.78, 5) is 7.48. The molecule has 2 aliphatic carbocycles. The number of fused-ring (bicyclic) bond motifs is 13. The van der Waals surface area contributed by atoms with Gasteiger partial charge in [-0.1, -0.05) is 149 Å². The molecule has 0 N–H and O–H groups in total. The van der Waals surface area contributed by atoms with Crippen LogP contribution in [0.25, 0.3) is 77.1 Å². The third-order valence-electron chi connectivity index (χ3n) is 13.3. The number of anilines is 3. The standard InChI is InChI=1S/C55H40N2O/c1-54(2)44-18-10-8-15-38(44)40-28-25-36(31-46(40)54)57(37-26-29-41-39-16-9-11-19-45(39)55(3,4)47(41)32-37)49-20-12-17-43-42(49)27-23-33-21-22-34-24-30-48-52(51(34)50(33)43)58-53(56-48)35-13-6-5-7-14-35/h5-32H,1-4H3. The van der Waals surface area contributed by atoms with E-state index in [1.54, 1.807) is 0 Å². The fourth-order valence-corrected chi connectivity index (χ4v) is 10.3. The molecule has 0 atom stereocenters. The Kier molecular flexibility index (Phi) is 6.74. The van der Waals surface area contributed by atoms with Crippen LogP contribution in [0, 0.1) is 0 Å². The number of hydrogen-bond acceptors (Lipinski definition) is 3. The summed E-state index contributed by atoms with van der Waals surface area (Å²) in [6.07, 6.45) is 0. The van der Waals surface area contributed by atoms with Crippen molar-refractivity contribution < 1.29 is 4.42 Å². The molecule has 9 aromatic carbocycles. The number of oxazole rings is 1. The Hall–Kier alpha value is -6.97. The van der Waals surface area contributed by atoms with Gasteiger partial charge >= 0.3 is 0 Å². The van der Waals surface area contributed by atoms with E-state index in [0.29, 0.717) is 5.89 Å². The van der Waals surface area contributed by atoms with Crippen molar-refractivity contribution in [2.24, 2.45) is 0 Å². The normalized spacial score (nSPS) is 14.5. The molecule has 0 radical (unpaired) electrons. The zero-order chi connectivity index (χ0) is 38.9. The first-order valence-electron chi connectivity index (χ1n) is 20.3. The lowest BCUT2D eigenvalue weighted by Gasteiger charge is -2.30. The third-order valence-corrected chi connectivity index (χ3v) is 13.3. The smallest absolute Gasteiger partial charge is 0.227 e. The first-order chi connectivity index (χ1) is 28.3. The van der Waals surface area contributed by atoms with Gasteiger partial charge in [-0.3, -0.25) is 0 Å². The van der Waals surface area contributed by atoms with E-state index in [9.17, 15) is 0 Å². The lowest BCUT2D eigenvalue weighted by molar-refractivity contribution is 0.623. The van der Waals surface area contributed by atoms with Crippen LogP contribution in [-0.2, 0) is 10.8 Å². The third kappa shape index (κ3) is 4.53.